The van der Waals surface area contributed by atoms with Gasteiger partial charge >= 0.3 is 5.97 Å². The summed E-state index contributed by atoms with van der Waals surface area (Å²) in [5.74, 6) is -0.927. The average molecular weight is 252 g/mol. The van der Waals surface area contributed by atoms with Crippen LogP contribution in [0.25, 0.3) is 0 Å². The molecule has 102 valence electrons. The Balaban J connectivity index is 2.42. The molecule has 0 fully saturated rings. The van der Waals surface area contributed by atoms with Crippen LogP contribution in [0.2, 0.25) is 0 Å². The van der Waals surface area contributed by atoms with E-state index in [1.807, 2.05) is 0 Å². The predicted octanol–water partition coefficient (Wildman–Crippen LogP) is 3.29. The zero-order chi connectivity index (χ0) is 13.4. The first kappa shape index (κ1) is 15.0. The fourth-order valence-electron chi connectivity index (χ4n) is 2.40. The molecule has 0 saturated heterocycles. The minimum absolute atomic E-state index is 0.510. The minimum Gasteiger partial charge on any atom is -0.481 e. The average Bonchev–Trinajstić information content (AvgIpc) is 2.35. The summed E-state index contributed by atoms with van der Waals surface area (Å²) in [5, 5.41) is 19.3. The molecule has 0 amide bonds. The first-order valence-corrected chi connectivity index (χ1v) is 6.91. The third-order valence-corrected chi connectivity index (χ3v) is 3.67. The zero-order valence-corrected chi connectivity index (χ0v) is 11.1. The van der Waals surface area contributed by atoms with Gasteiger partial charge in [-0.25, -0.2) is 0 Å². The van der Waals surface area contributed by atoms with Gasteiger partial charge in [0.15, 0.2) is 0 Å². The second kappa shape index (κ2) is 7.37. The number of carboxylic acid groups (broad SMARTS) is 1. The summed E-state index contributed by atoms with van der Waals surface area (Å²) in [6.07, 6.45) is 12.9. The van der Waals surface area contributed by atoms with E-state index < -0.39 is 17.5 Å². The largest absolute Gasteiger partial charge is 0.481 e. The summed E-state index contributed by atoms with van der Waals surface area (Å²) in [5.41, 5.74) is -1.11. The Morgan fingerprint density at radius 3 is 2.44 bits per heavy atom. The van der Waals surface area contributed by atoms with Crippen molar-refractivity contribution in [1.82, 2.24) is 0 Å². The van der Waals surface area contributed by atoms with Crippen molar-refractivity contribution in [2.24, 2.45) is 5.41 Å². The molecule has 0 aromatic carbocycles. The van der Waals surface area contributed by atoms with Crippen molar-refractivity contribution < 1.29 is 15.0 Å². The molecule has 0 heterocycles. The van der Waals surface area contributed by atoms with Crippen LogP contribution in [0.15, 0.2) is 24.3 Å². The number of allylic oxidation sites excluding steroid dienone is 2. The minimum atomic E-state index is -1.11. The van der Waals surface area contributed by atoms with E-state index in [0.29, 0.717) is 6.42 Å². The fraction of sp³-hybridized carbons (Fsp3) is 0.667. The highest BCUT2D eigenvalue weighted by atomic mass is 16.4. The third kappa shape index (κ3) is 3.70. The van der Waals surface area contributed by atoms with Crippen molar-refractivity contribution in [2.45, 2.75) is 58.0 Å². The van der Waals surface area contributed by atoms with Crippen LogP contribution in [0, 0.1) is 5.41 Å². The van der Waals surface area contributed by atoms with E-state index in [1.165, 1.54) is 19.3 Å². The van der Waals surface area contributed by atoms with Gasteiger partial charge in [0.25, 0.3) is 0 Å². The van der Waals surface area contributed by atoms with Gasteiger partial charge in [0.1, 0.15) is 5.41 Å². The summed E-state index contributed by atoms with van der Waals surface area (Å²) in [7, 11) is 0. The Labute approximate surface area is 109 Å². The molecule has 2 atom stereocenters. The molecule has 0 aliphatic heterocycles. The van der Waals surface area contributed by atoms with Crippen LogP contribution >= 0.6 is 0 Å². The summed E-state index contributed by atoms with van der Waals surface area (Å²) >= 11 is 0. The number of aliphatic hydroxyl groups is 1. The number of carbonyl (C=O) groups is 1. The van der Waals surface area contributed by atoms with Crippen molar-refractivity contribution >= 4 is 5.97 Å². The summed E-state index contributed by atoms with van der Waals surface area (Å²) in [6.45, 7) is 2.18. The lowest BCUT2D eigenvalue weighted by atomic mass is 9.75. The maximum atomic E-state index is 11.4. The Morgan fingerprint density at radius 2 is 1.83 bits per heavy atom. The standard InChI is InChI=1S/C15H24O3/c1-2-3-4-5-6-8-11-15(14(17)18)12-9-7-10-13(15)16/h7,9-10,12-13,16H,2-6,8,11H2,1H3,(H,17,18). The molecule has 1 aliphatic carbocycles. The van der Waals surface area contributed by atoms with Crippen LogP contribution < -0.4 is 0 Å². The van der Waals surface area contributed by atoms with Gasteiger partial charge in [-0.3, -0.25) is 4.79 Å². The topological polar surface area (TPSA) is 57.5 Å². The molecule has 0 aromatic heterocycles. The molecular weight excluding hydrogens is 228 g/mol. The molecule has 1 rings (SSSR count). The molecule has 0 spiro atoms. The van der Waals surface area contributed by atoms with Crippen LogP contribution in [0.1, 0.15) is 51.9 Å². The number of carboxylic acids is 1. The first-order chi connectivity index (χ1) is 8.63. The highest BCUT2D eigenvalue weighted by molar-refractivity contribution is 5.79. The van der Waals surface area contributed by atoms with Gasteiger partial charge in [0.2, 0.25) is 0 Å². The molecule has 0 aromatic rings. The second-order valence-electron chi connectivity index (χ2n) is 5.05. The number of unbranched alkanes of at least 4 members (excludes halogenated alkanes) is 5. The summed E-state index contributed by atoms with van der Waals surface area (Å²) in [4.78, 5) is 11.4. The van der Waals surface area contributed by atoms with Crippen molar-refractivity contribution in [3.63, 3.8) is 0 Å². The zero-order valence-electron chi connectivity index (χ0n) is 11.1. The van der Waals surface area contributed by atoms with Gasteiger partial charge < -0.3 is 10.2 Å². The van der Waals surface area contributed by atoms with Crippen LogP contribution in [0.3, 0.4) is 0 Å². The lowest BCUT2D eigenvalue weighted by molar-refractivity contribution is -0.151. The molecule has 0 bridgehead atoms. The van der Waals surface area contributed by atoms with Gasteiger partial charge in [0.05, 0.1) is 6.10 Å². The lowest BCUT2D eigenvalue weighted by Gasteiger charge is -2.31. The number of aliphatic hydroxyl groups excluding tert-OH is 1. The Bertz CT molecular complexity index is 320. The number of hydrogen-bond acceptors (Lipinski definition) is 2. The molecule has 0 radical (unpaired) electrons. The van der Waals surface area contributed by atoms with Crippen LogP contribution in [-0.4, -0.2) is 22.3 Å². The van der Waals surface area contributed by atoms with E-state index >= 15 is 0 Å². The summed E-state index contributed by atoms with van der Waals surface area (Å²) < 4.78 is 0. The molecule has 3 heteroatoms. The molecule has 3 nitrogen and oxygen atoms in total. The van der Waals surface area contributed by atoms with Crippen molar-refractivity contribution in [3.05, 3.63) is 24.3 Å². The van der Waals surface area contributed by atoms with E-state index in [9.17, 15) is 15.0 Å². The second-order valence-corrected chi connectivity index (χ2v) is 5.05. The van der Waals surface area contributed by atoms with Crippen LogP contribution in [-0.2, 0) is 4.79 Å². The molecule has 0 saturated carbocycles. The number of rotatable bonds is 8. The molecular formula is C15H24O3. The van der Waals surface area contributed by atoms with Gasteiger partial charge in [0, 0.05) is 0 Å². The predicted molar refractivity (Wildman–Crippen MR) is 72.3 cm³/mol. The maximum Gasteiger partial charge on any atom is 0.316 e. The van der Waals surface area contributed by atoms with E-state index in [4.69, 9.17) is 0 Å². The SMILES string of the molecule is CCCCCCCCC1(C(=O)O)C=CC=CC1O. The van der Waals surface area contributed by atoms with Crippen molar-refractivity contribution in [2.75, 3.05) is 0 Å². The smallest absolute Gasteiger partial charge is 0.316 e. The molecule has 1 aliphatic rings. The van der Waals surface area contributed by atoms with E-state index in [0.717, 1.165) is 19.3 Å². The van der Waals surface area contributed by atoms with Gasteiger partial charge in [-0.1, -0.05) is 69.8 Å². The van der Waals surface area contributed by atoms with E-state index in [-0.39, 0.29) is 0 Å². The highest BCUT2D eigenvalue weighted by Gasteiger charge is 2.42. The monoisotopic (exact) mass is 252 g/mol. The third-order valence-electron chi connectivity index (χ3n) is 3.67. The van der Waals surface area contributed by atoms with E-state index in [2.05, 4.69) is 6.92 Å². The van der Waals surface area contributed by atoms with Crippen molar-refractivity contribution in [3.8, 4) is 0 Å². The maximum absolute atomic E-state index is 11.4. The quantitative estimate of drug-likeness (QED) is 0.652. The number of aliphatic carboxylic acids is 1. The molecule has 2 N–H and O–H groups in total. The van der Waals surface area contributed by atoms with Crippen molar-refractivity contribution in [1.29, 1.82) is 0 Å². The normalized spacial score (nSPS) is 26.4. The van der Waals surface area contributed by atoms with Crippen LogP contribution in [0.5, 0.6) is 0 Å². The van der Waals surface area contributed by atoms with Gasteiger partial charge in [-0.15, -0.1) is 0 Å². The lowest BCUT2D eigenvalue weighted by Crippen LogP contribution is -2.40. The Morgan fingerprint density at radius 1 is 1.17 bits per heavy atom. The molecule has 18 heavy (non-hydrogen) atoms. The van der Waals surface area contributed by atoms with E-state index in [1.54, 1.807) is 24.3 Å². The summed E-state index contributed by atoms with van der Waals surface area (Å²) in [6, 6.07) is 0. The Hall–Kier alpha value is -1.09. The number of hydrogen-bond donors (Lipinski definition) is 2. The Kier molecular flexibility index (Phi) is 6.13. The molecule has 2 unspecified atom stereocenters. The first-order valence-electron chi connectivity index (χ1n) is 6.91. The van der Waals surface area contributed by atoms with Gasteiger partial charge in [-0.2, -0.15) is 0 Å². The van der Waals surface area contributed by atoms with Crippen LogP contribution in [0.4, 0.5) is 0 Å². The highest BCUT2D eigenvalue weighted by Crippen LogP contribution is 2.34. The van der Waals surface area contributed by atoms with Gasteiger partial charge in [-0.05, 0) is 6.42 Å². The fourth-order valence-corrected chi connectivity index (χ4v) is 2.40.